The van der Waals surface area contributed by atoms with E-state index in [9.17, 15) is 9.18 Å². The van der Waals surface area contributed by atoms with Crippen LogP contribution in [0.4, 0.5) is 4.39 Å². The van der Waals surface area contributed by atoms with Crippen molar-refractivity contribution in [1.82, 2.24) is 29.2 Å². The molecular weight excluding hydrogens is 483 g/mol. The molecule has 1 amide bonds. The van der Waals surface area contributed by atoms with E-state index >= 15 is 0 Å². The van der Waals surface area contributed by atoms with Gasteiger partial charge < -0.3 is 14.0 Å². The van der Waals surface area contributed by atoms with Gasteiger partial charge in [0.2, 0.25) is 5.88 Å². The van der Waals surface area contributed by atoms with Crippen LogP contribution in [-0.4, -0.2) is 67.3 Å². The lowest BCUT2D eigenvalue weighted by Crippen LogP contribution is -2.63. The van der Waals surface area contributed by atoms with Gasteiger partial charge in [0.1, 0.15) is 11.3 Å². The van der Waals surface area contributed by atoms with Crippen LogP contribution in [0.1, 0.15) is 29.0 Å². The number of piperazine rings is 1. The second-order valence-corrected chi connectivity index (χ2v) is 9.59. The van der Waals surface area contributed by atoms with Crippen LogP contribution in [0, 0.1) is 5.82 Å². The minimum Gasteiger partial charge on any atom is -0.481 e. The summed E-state index contributed by atoms with van der Waals surface area (Å²) in [6.45, 7) is 1.86. The van der Waals surface area contributed by atoms with Gasteiger partial charge in [0, 0.05) is 50.2 Å². The molecule has 7 heterocycles. The SMILES string of the molecule is COc1ccc(F)c(C(=O)N2CC3CCC2CN3Cc2c(-c3ccc(Cl)cn3)nc3ccccn23)n1. The maximum atomic E-state index is 14.5. The van der Waals surface area contributed by atoms with Crippen molar-refractivity contribution in [3.8, 4) is 17.3 Å². The van der Waals surface area contributed by atoms with Crippen LogP contribution in [0.3, 0.4) is 0 Å². The van der Waals surface area contributed by atoms with Crippen molar-refractivity contribution in [2.75, 3.05) is 20.2 Å². The minimum absolute atomic E-state index is 0.0220. The number of piperidine rings is 2. The number of imidazole rings is 1. The molecule has 36 heavy (non-hydrogen) atoms. The van der Waals surface area contributed by atoms with Gasteiger partial charge in [-0.25, -0.2) is 14.4 Å². The van der Waals surface area contributed by atoms with E-state index in [-0.39, 0.29) is 29.6 Å². The largest absolute Gasteiger partial charge is 0.481 e. The molecule has 3 saturated heterocycles. The Morgan fingerprint density at radius 2 is 1.97 bits per heavy atom. The number of rotatable bonds is 5. The quantitative estimate of drug-likeness (QED) is 0.406. The zero-order valence-corrected chi connectivity index (χ0v) is 20.4. The zero-order valence-electron chi connectivity index (χ0n) is 19.6. The number of pyridine rings is 3. The van der Waals surface area contributed by atoms with E-state index in [1.807, 2.05) is 36.5 Å². The lowest BCUT2D eigenvalue weighted by molar-refractivity contribution is -0.0165. The average molecular weight is 507 g/mol. The second kappa shape index (κ2) is 9.15. The predicted octanol–water partition coefficient (Wildman–Crippen LogP) is 4.08. The summed E-state index contributed by atoms with van der Waals surface area (Å²) >= 11 is 6.06. The summed E-state index contributed by atoms with van der Waals surface area (Å²) < 4.78 is 21.6. The van der Waals surface area contributed by atoms with Gasteiger partial charge in [0.05, 0.1) is 23.5 Å². The molecule has 3 fully saturated rings. The first-order chi connectivity index (χ1) is 17.5. The first-order valence-corrected chi connectivity index (χ1v) is 12.2. The minimum atomic E-state index is -0.634. The van der Waals surface area contributed by atoms with Gasteiger partial charge in [0.15, 0.2) is 11.5 Å². The Balaban J connectivity index is 1.28. The van der Waals surface area contributed by atoms with E-state index < -0.39 is 5.82 Å². The molecule has 8 nitrogen and oxygen atoms in total. The fourth-order valence-electron chi connectivity index (χ4n) is 5.29. The van der Waals surface area contributed by atoms with Crippen molar-refractivity contribution in [2.45, 2.75) is 31.5 Å². The normalized spacial score (nSPS) is 19.7. The number of methoxy groups -OCH3 is 1. The van der Waals surface area contributed by atoms with Crippen LogP contribution >= 0.6 is 11.6 Å². The molecule has 2 bridgehead atoms. The van der Waals surface area contributed by atoms with Crippen LogP contribution in [0.15, 0.2) is 54.9 Å². The predicted molar refractivity (Wildman–Crippen MR) is 132 cm³/mol. The van der Waals surface area contributed by atoms with E-state index in [1.54, 1.807) is 11.1 Å². The Bertz CT molecular complexity index is 1440. The molecule has 184 valence electrons. The van der Waals surface area contributed by atoms with Crippen molar-refractivity contribution in [2.24, 2.45) is 0 Å². The number of amides is 1. The van der Waals surface area contributed by atoms with Crippen LogP contribution in [0.2, 0.25) is 5.02 Å². The highest BCUT2D eigenvalue weighted by molar-refractivity contribution is 6.30. The lowest BCUT2D eigenvalue weighted by atomic mass is 9.90. The molecule has 0 aliphatic carbocycles. The van der Waals surface area contributed by atoms with Crippen LogP contribution < -0.4 is 4.74 Å². The van der Waals surface area contributed by atoms with Gasteiger partial charge in [-0.3, -0.25) is 14.7 Å². The number of carbonyl (C=O) groups is 1. The summed E-state index contributed by atoms with van der Waals surface area (Å²) in [4.78, 5) is 30.9. The Morgan fingerprint density at radius 1 is 1.11 bits per heavy atom. The smallest absolute Gasteiger partial charge is 0.276 e. The number of fused-ring (bicyclic) bond motifs is 4. The van der Waals surface area contributed by atoms with E-state index in [2.05, 4.69) is 19.3 Å². The lowest BCUT2D eigenvalue weighted by Gasteiger charge is -2.51. The third-order valence-electron chi connectivity index (χ3n) is 7.09. The number of aromatic nitrogens is 4. The van der Waals surface area contributed by atoms with Crippen molar-refractivity contribution < 1.29 is 13.9 Å². The van der Waals surface area contributed by atoms with Gasteiger partial charge >= 0.3 is 0 Å². The molecule has 0 saturated carbocycles. The summed E-state index contributed by atoms with van der Waals surface area (Å²) in [5, 5.41) is 0.573. The van der Waals surface area contributed by atoms with E-state index in [0.29, 0.717) is 24.7 Å². The zero-order chi connectivity index (χ0) is 24.8. The summed E-state index contributed by atoms with van der Waals surface area (Å²) in [6.07, 6.45) is 5.47. The van der Waals surface area contributed by atoms with E-state index in [1.165, 1.54) is 19.2 Å². The number of hydrogen-bond acceptors (Lipinski definition) is 6. The molecule has 2 atom stereocenters. The molecule has 7 rings (SSSR count). The number of nitrogens with zero attached hydrogens (tertiary/aromatic N) is 6. The standard InChI is InChI=1S/C26H24ClFN6O2/c1-36-23-10-8-19(28)24(31-23)26(35)34-14-17-6-7-18(34)13-32(17)15-21-25(20-9-5-16(27)12-29-20)30-22-4-2-3-11-33(21)22/h2-5,8-12,17-18H,6-7,13-15H2,1H3. The third-order valence-corrected chi connectivity index (χ3v) is 7.31. The molecule has 0 aromatic carbocycles. The molecule has 0 N–H and O–H groups in total. The summed E-state index contributed by atoms with van der Waals surface area (Å²) in [7, 11) is 1.45. The fraction of sp³-hybridized carbons (Fsp3) is 0.308. The summed E-state index contributed by atoms with van der Waals surface area (Å²) in [5.74, 6) is -0.800. The van der Waals surface area contributed by atoms with Gasteiger partial charge in [-0.2, -0.15) is 0 Å². The highest BCUT2D eigenvalue weighted by Crippen LogP contribution is 2.33. The number of halogens is 2. The number of hydrogen-bond donors (Lipinski definition) is 0. The van der Waals surface area contributed by atoms with Crippen molar-refractivity contribution in [3.63, 3.8) is 0 Å². The molecule has 10 heteroatoms. The first kappa shape index (κ1) is 22.9. The highest BCUT2D eigenvalue weighted by atomic mass is 35.5. The van der Waals surface area contributed by atoms with Gasteiger partial charge in [0.25, 0.3) is 5.91 Å². The molecular formula is C26H24ClFN6O2. The second-order valence-electron chi connectivity index (χ2n) is 9.15. The first-order valence-electron chi connectivity index (χ1n) is 11.9. The Kier molecular flexibility index (Phi) is 5.81. The summed E-state index contributed by atoms with van der Waals surface area (Å²) in [6, 6.07) is 12.4. The Hall–Kier alpha value is -3.56. The molecule has 0 radical (unpaired) electrons. The fourth-order valence-corrected chi connectivity index (χ4v) is 5.40. The summed E-state index contributed by atoms with van der Waals surface area (Å²) in [5.41, 5.74) is 3.27. The van der Waals surface area contributed by atoms with Gasteiger partial charge in [-0.15, -0.1) is 0 Å². The third kappa shape index (κ3) is 3.98. The van der Waals surface area contributed by atoms with E-state index in [0.717, 1.165) is 35.6 Å². The van der Waals surface area contributed by atoms with Crippen molar-refractivity contribution in [1.29, 1.82) is 0 Å². The van der Waals surface area contributed by atoms with Crippen molar-refractivity contribution in [3.05, 3.63) is 77.1 Å². The highest BCUT2D eigenvalue weighted by Gasteiger charge is 2.42. The van der Waals surface area contributed by atoms with E-state index in [4.69, 9.17) is 21.3 Å². The average Bonchev–Trinajstić information content (AvgIpc) is 3.27. The molecule has 4 aromatic heterocycles. The number of carbonyl (C=O) groups excluding carboxylic acids is 1. The topological polar surface area (TPSA) is 75.9 Å². The maximum Gasteiger partial charge on any atom is 0.276 e. The van der Waals surface area contributed by atoms with Crippen LogP contribution in [-0.2, 0) is 6.54 Å². The maximum absolute atomic E-state index is 14.5. The van der Waals surface area contributed by atoms with Gasteiger partial charge in [-0.1, -0.05) is 17.7 Å². The van der Waals surface area contributed by atoms with Crippen molar-refractivity contribution >= 4 is 23.2 Å². The molecule has 4 aromatic rings. The molecule has 3 aliphatic rings. The Labute approximate surface area is 212 Å². The monoisotopic (exact) mass is 506 g/mol. The van der Waals surface area contributed by atoms with Crippen LogP contribution in [0.25, 0.3) is 17.0 Å². The van der Waals surface area contributed by atoms with Gasteiger partial charge in [-0.05, 0) is 43.2 Å². The molecule has 2 unspecified atom stereocenters. The van der Waals surface area contributed by atoms with Crippen LogP contribution in [0.5, 0.6) is 5.88 Å². The number of ether oxygens (including phenoxy) is 1. The molecule has 3 aliphatic heterocycles. The Morgan fingerprint density at radius 3 is 2.72 bits per heavy atom. The molecule has 0 spiro atoms.